The Balaban J connectivity index is 2.26. The zero-order valence-electron chi connectivity index (χ0n) is 7.80. The van der Waals surface area contributed by atoms with E-state index in [1.54, 1.807) is 0 Å². The van der Waals surface area contributed by atoms with E-state index in [9.17, 15) is 0 Å². The van der Waals surface area contributed by atoms with Crippen molar-refractivity contribution in [2.24, 2.45) is 0 Å². The highest BCUT2D eigenvalue weighted by Gasteiger charge is 2.18. The third-order valence-corrected chi connectivity index (χ3v) is 2.90. The quantitative estimate of drug-likeness (QED) is 0.621. The SMILES string of the molecule is Cc1n[c]n(C2CCCC2)c1C. The van der Waals surface area contributed by atoms with Crippen LogP contribution in [0.2, 0.25) is 0 Å². The summed E-state index contributed by atoms with van der Waals surface area (Å²) in [5, 5.41) is 0. The number of imidazole rings is 1. The molecule has 0 spiro atoms. The second-order valence-electron chi connectivity index (χ2n) is 3.69. The van der Waals surface area contributed by atoms with Crippen LogP contribution >= 0.6 is 0 Å². The van der Waals surface area contributed by atoms with Crippen LogP contribution in [0.3, 0.4) is 0 Å². The van der Waals surface area contributed by atoms with Crippen molar-refractivity contribution < 1.29 is 0 Å². The highest BCUT2D eigenvalue weighted by atomic mass is 15.1. The minimum atomic E-state index is 0.686. The van der Waals surface area contributed by atoms with Crippen LogP contribution in [0.4, 0.5) is 0 Å². The van der Waals surface area contributed by atoms with Crippen LogP contribution in [0.25, 0.3) is 0 Å². The average Bonchev–Trinajstić information content (AvgIpc) is 2.64. The van der Waals surface area contributed by atoms with Crippen LogP contribution in [0.1, 0.15) is 43.1 Å². The van der Waals surface area contributed by atoms with E-state index in [1.165, 1.54) is 31.4 Å². The molecule has 1 aliphatic carbocycles. The first-order valence-electron chi connectivity index (χ1n) is 4.72. The normalized spacial score (nSPS) is 18.8. The predicted molar refractivity (Wildman–Crippen MR) is 48.0 cm³/mol. The van der Waals surface area contributed by atoms with Gasteiger partial charge in [-0.15, -0.1) is 0 Å². The fourth-order valence-electron chi connectivity index (χ4n) is 1.98. The van der Waals surface area contributed by atoms with Gasteiger partial charge in [0.05, 0.1) is 5.69 Å². The summed E-state index contributed by atoms with van der Waals surface area (Å²) in [7, 11) is 0. The summed E-state index contributed by atoms with van der Waals surface area (Å²) in [5.41, 5.74) is 2.42. The Morgan fingerprint density at radius 2 is 2.00 bits per heavy atom. The Morgan fingerprint density at radius 1 is 1.33 bits per heavy atom. The van der Waals surface area contributed by atoms with Crippen LogP contribution in [0.15, 0.2) is 0 Å². The Morgan fingerprint density at radius 3 is 2.50 bits per heavy atom. The van der Waals surface area contributed by atoms with E-state index in [4.69, 9.17) is 0 Å². The van der Waals surface area contributed by atoms with Crippen molar-refractivity contribution in [1.82, 2.24) is 9.55 Å². The fourth-order valence-corrected chi connectivity index (χ4v) is 1.98. The first-order chi connectivity index (χ1) is 5.79. The molecule has 1 aromatic heterocycles. The van der Waals surface area contributed by atoms with E-state index in [0.717, 1.165) is 5.69 Å². The molecule has 1 saturated carbocycles. The highest BCUT2D eigenvalue weighted by Crippen LogP contribution is 2.30. The van der Waals surface area contributed by atoms with Crippen LogP contribution < -0.4 is 0 Å². The summed E-state index contributed by atoms with van der Waals surface area (Å²) in [6.07, 6.45) is 8.45. The van der Waals surface area contributed by atoms with Crippen molar-refractivity contribution in [2.45, 2.75) is 45.6 Å². The molecule has 1 aromatic rings. The highest BCUT2D eigenvalue weighted by molar-refractivity contribution is 5.09. The molecule has 1 radical (unpaired) electrons. The van der Waals surface area contributed by atoms with Gasteiger partial charge in [-0.3, -0.25) is 0 Å². The van der Waals surface area contributed by atoms with Gasteiger partial charge < -0.3 is 4.57 Å². The van der Waals surface area contributed by atoms with Gasteiger partial charge in [-0.2, -0.15) is 0 Å². The molecule has 0 atom stereocenters. The molecule has 0 bridgehead atoms. The Labute approximate surface area is 73.6 Å². The van der Waals surface area contributed by atoms with Crippen molar-refractivity contribution in [3.8, 4) is 0 Å². The Hall–Kier alpha value is -0.790. The van der Waals surface area contributed by atoms with Gasteiger partial charge in [0.25, 0.3) is 0 Å². The largest absolute Gasteiger partial charge is 0.322 e. The second kappa shape index (κ2) is 2.92. The second-order valence-corrected chi connectivity index (χ2v) is 3.69. The standard InChI is InChI=1S/C10H15N2/c1-8-9(2)12(7-11-8)10-5-3-4-6-10/h10H,3-6H2,1-2H3. The molecule has 2 rings (SSSR count). The molecular weight excluding hydrogens is 148 g/mol. The fraction of sp³-hybridized carbons (Fsp3) is 0.700. The predicted octanol–water partition coefficient (Wildman–Crippen LogP) is 2.42. The van der Waals surface area contributed by atoms with E-state index in [1.807, 2.05) is 0 Å². The topological polar surface area (TPSA) is 17.8 Å². The van der Waals surface area contributed by atoms with Crippen LogP contribution in [0, 0.1) is 20.2 Å². The Kier molecular flexibility index (Phi) is 1.91. The van der Waals surface area contributed by atoms with Crippen molar-refractivity contribution >= 4 is 0 Å². The molecule has 2 nitrogen and oxygen atoms in total. The summed E-state index contributed by atoms with van der Waals surface area (Å²) < 4.78 is 2.22. The third-order valence-electron chi connectivity index (χ3n) is 2.90. The molecule has 1 fully saturated rings. The first kappa shape index (κ1) is 7.84. The van der Waals surface area contributed by atoms with E-state index < -0.39 is 0 Å². The molecular formula is C10H15N2. The van der Waals surface area contributed by atoms with Crippen LogP contribution in [0.5, 0.6) is 0 Å². The van der Waals surface area contributed by atoms with Crippen molar-refractivity contribution in [3.05, 3.63) is 17.7 Å². The van der Waals surface area contributed by atoms with Gasteiger partial charge in [0.1, 0.15) is 0 Å². The number of aryl methyl sites for hydroxylation is 1. The number of hydrogen-bond acceptors (Lipinski definition) is 1. The number of hydrogen-bond donors (Lipinski definition) is 0. The maximum absolute atomic E-state index is 4.20. The number of nitrogens with zero attached hydrogens (tertiary/aromatic N) is 2. The summed E-state index contributed by atoms with van der Waals surface area (Å²) in [6.45, 7) is 4.19. The first-order valence-corrected chi connectivity index (χ1v) is 4.72. The minimum absolute atomic E-state index is 0.686. The average molecular weight is 163 g/mol. The zero-order chi connectivity index (χ0) is 8.55. The molecule has 2 heteroatoms. The number of rotatable bonds is 1. The van der Waals surface area contributed by atoms with Gasteiger partial charge in [-0.1, -0.05) is 12.8 Å². The van der Waals surface area contributed by atoms with Gasteiger partial charge >= 0.3 is 0 Å². The molecule has 0 N–H and O–H groups in total. The lowest BCUT2D eigenvalue weighted by Crippen LogP contribution is -2.05. The molecule has 65 valence electrons. The van der Waals surface area contributed by atoms with Gasteiger partial charge in [-0.05, 0) is 26.7 Å². The maximum atomic E-state index is 4.20. The third kappa shape index (κ3) is 1.15. The van der Waals surface area contributed by atoms with E-state index in [-0.39, 0.29) is 0 Å². The monoisotopic (exact) mass is 163 g/mol. The molecule has 0 amide bonds. The van der Waals surface area contributed by atoms with E-state index in [2.05, 4.69) is 29.7 Å². The van der Waals surface area contributed by atoms with Crippen LogP contribution in [-0.2, 0) is 0 Å². The summed E-state index contributed by atoms with van der Waals surface area (Å²) in [5.74, 6) is 0. The lowest BCUT2D eigenvalue weighted by molar-refractivity contribution is 0.504. The van der Waals surface area contributed by atoms with Crippen molar-refractivity contribution in [3.63, 3.8) is 0 Å². The lowest BCUT2D eigenvalue weighted by Gasteiger charge is -2.12. The lowest BCUT2D eigenvalue weighted by atomic mass is 10.2. The molecule has 0 aliphatic heterocycles. The van der Waals surface area contributed by atoms with Gasteiger partial charge in [0.15, 0.2) is 6.33 Å². The molecule has 0 saturated heterocycles. The van der Waals surface area contributed by atoms with E-state index in [0.29, 0.717) is 6.04 Å². The molecule has 0 aromatic carbocycles. The van der Waals surface area contributed by atoms with Crippen molar-refractivity contribution in [2.75, 3.05) is 0 Å². The minimum Gasteiger partial charge on any atom is -0.322 e. The smallest absolute Gasteiger partial charge is 0.177 e. The number of aromatic nitrogens is 2. The van der Waals surface area contributed by atoms with Gasteiger partial charge in [0.2, 0.25) is 0 Å². The molecule has 1 aliphatic rings. The molecule has 0 unspecified atom stereocenters. The summed E-state index contributed by atoms with van der Waals surface area (Å²) in [4.78, 5) is 4.20. The maximum Gasteiger partial charge on any atom is 0.177 e. The molecule has 12 heavy (non-hydrogen) atoms. The van der Waals surface area contributed by atoms with Gasteiger partial charge in [-0.25, -0.2) is 4.98 Å². The molecule has 1 heterocycles. The van der Waals surface area contributed by atoms with E-state index >= 15 is 0 Å². The van der Waals surface area contributed by atoms with Crippen LogP contribution in [-0.4, -0.2) is 9.55 Å². The summed E-state index contributed by atoms with van der Waals surface area (Å²) >= 11 is 0. The van der Waals surface area contributed by atoms with Crippen molar-refractivity contribution in [1.29, 1.82) is 0 Å². The summed E-state index contributed by atoms with van der Waals surface area (Å²) in [6, 6.07) is 0.686. The zero-order valence-corrected chi connectivity index (χ0v) is 7.80. The van der Waals surface area contributed by atoms with Gasteiger partial charge in [0, 0.05) is 11.7 Å². The Bertz CT molecular complexity index is 269.